The average Bonchev–Trinajstić information content (AvgIpc) is 2.88. The molecule has 2 heterocycles. The quantitative estimate of drug-likeness (QED) is 0.703. The van der Waals surface area contributed by atoms with Gasteiger partial charge in [0.15, 0.2) is 0 Å². The number of oxazole rings is 1. The molecule has 1 aliphatic rings. The highest BCUT2D eigenvalue weighted by Crippen LogP contribution is 2.41. The number of H-pyrrole nitrogens is 1. The molecule has 3 N–H and O–H groups in total. The molecule has 3 rings (SSSR count). The first-order valence-electron chi connectivity index (χ1n) is 4.53. The zero-order valence-corrected chi connectivity index (χ0v) is 7.41. The zero-order valence-electron chi connectivity index (χ0n) is 7.41. The number of aromatic nitrogens is 2. The monoisotopic (exact) mass is 191 g/mol. The van der Waals surface area contributed by atoms with Crippen molar-refractivity contribution >= 4 is 16.9 Å². The number of anilines is 1. The van der Waals surface area contributed by atoms with Gasteiger partial charge in [-0.3, -0.25) is 4.98 Å². The van der Waals surface area contributed by atoms with E-state index in [1.807, 2.05) is 0 Å². The van der Waals surface area contributed by atoms with Crippen molar-refractivity contribution in [3.8, 4) is 0 Å². The Bertz CT molecular complexity index is 551. The van der Waals surface area contributed by atoms with Crippen LogP contribution in [0.1, 0.15) is 24.5 Å². The van der Waals surface area contributed by atoms with Gasteiger partial charge in [-0.05, 0) is 18.9 Å². The van der Waals surface area contributed by atoms with E-state index in [0.29, 0.717) is 22.8 Å². The number of hydrogen-bond donors (Lipinski definition) is 2. The fourth-order valence-electron chi connectivity index (χ4n) is 1.60. The Hall–Kier alpha value is -1.78. The van der Waals surface area contributed by atoms with E-state index in [-0.39, 0.29) is 0 Å². The highest BCUT2D eigenvalue weighted by molar-refractivity contribution is 5.73. The summed E-state index contributed by atoms with van der Waals surface area (Å²) in [6.07, 6.45) is 2.24. The van der Waals surface area contributed by atoms with Crippen molar-refractivity contribution in [3.05, 3.63) is 22.3 Å². The van der Waals surface area contributed by atoms with Crippen LogP contribution in [0.25, 0.3) is 11.2 Å². The summed E-state index contributed by atoms with van der Waals surface area (Å²) < 4.78 is 4.86. The minimum absolute atomic E-state index is 0.353. The van der Waals surface area contributed by atoms with Crippen molar-refractivity contribution < 1.29 is 4.42 Å². The fraction of sp³-hybridized carbons (Fsp3) is 0.333. The Labute approximate surface area is 78.9 Å². The van der Waals surface area contributed by atoms with Gasteiger partial charge in [0, 0.05) is 5.92 Å². The van der Waals surface area contributed by atoms with E-state index < -0.39 is 5.76 Å². The molecule has 0 saturated heterocycles. The number of nitrogens with one attached hydrogen (secondary N) is 1. The minimum Gasteiger partial charge on any atom is -0.397 e. The SMILES string of the molecule is Nc1cc2[nH]c(=O)oc2nc1C1CC1. The molecule has 0 aromatic carbocycles. The molecule has 5 heteroatoms. The molecule has 72 valence electrons. The summed E-state index contributed by atoms with van der Waals surface area (Å²) in [5.74, 6) is -0.0283. The molecule has 5 nitrogen and oxygen atoms in total. The number of hydrogen-bond acceptors (Lipinski definition) is 4. The van der Waals surface area contributed by atoms with Crippen molar-refractivity contribution in [2.24, 2.45) is 0 Å². The Morgan fingerprint density at radius 1 is 1.57 bits per heavy atom. The molecule has 0 spiro atoms. The van der Waals surface area contributed by atoms with Gasteiger partial charge in [0.05, 0.1) is 11.4 Å². The molecule has 0 radical (unpaired) electrons. The molecule has 0 amide bonds. The van der Waals surface area contributed by atoms with Gasteiger partial charge in [0.1, 0.15) is 5.52 Å². The molecule has 1 saturated carbocycles. The van der Waals surface area contributed by atoms with Gasteiger partial charge in [-0.25, -0.2) is 9.78 Å². The lowest BCUT2D eigenvalue weighted by atomic mass is 10.2. The number of rotatable bonds is 1. The van der Waals surface area contributed by atoms with Crippen molar-refractivity contribution in [3.63, 3.8) is 0 Å². The number of fused-ring (bicyclic) bond motifs is 1. The third-order valence-corrected chi connectivity index (χ3v) is 2.44. The minimum atomic E-state index is -0.486. The van der Waals surface area contributed by atoms with Gasteiger partial charge >= 0.3 is 5.76 Å². The van der Waals surface area contributed by atoms with Crippen LogP contribution in [0.4, 0.5) is 5.69 Å². The number of pyridine rings is 1. The normalized spacial score (nSPS) is 16.3. The van der Waals surface area contributed by atoms with Gasteiger partial charge in [-0.15, -0.1) is 0 Å². The van der Waals surface area contributed by atoms with E-state index >= 15 is 0 Å². The lowest BCUT2D eigenvalue weighted by Gasteiger charge is -2.00. The Morgan fingerprint density at radius 2 is 2.36 bits per heavy atom. The lowest BCUT2D eigenvalue weighted by Crippen LogP contribution is -1.96. The molecule has 1 fully saturated rings. The maximum atomic E-state index is 10.9. The Morgan fingerprint density at radius 3 is 3.07 bits per heavy atom. The molecule has 0 atom stereocenters. The summed E-state index contributed by atoms with van der Waals surface area (Å²) in [6.45, 7) is 0. The summed E-state index contributed by atoms with van der Waals surface area (Å²) in [5.41, 5.74) is 8.23. The first-order valence-corrected chi connectivity index (χ1v) is 4.53. The second-order valence-corrected chi connectivity index (χ2v) is 3.60. The van der Waals surface area contributed by atoms with E-state index in [1.165, 1.54) is 0 Å². The Balaban J connectivity index is 2.30. The van der Waals surface area contributed by atoms with E-state index in [1.54, 1.807) is 6.07 Å². The largest absolute Gasteiger partial charge is 0.418 e. The molecule has 14 heavy (non-hydrogen) atoms. The third-order valence-electron chi connectivity index (χ3n) is 2.44. The van der Waals surface area contributed by atoms with Crippen molar-refractivity contribution in [1.29, 1.82) is 0 Å². The van der Waals surface area contributed by atoms with Crippen molar-refractivity contribution in [1.82, 2.24) is 9.97 Å². The molecule has 2 aromatic rings. The van der Waals surface area contributed by atoms with Crippen molar-refractivity contribution in [2.45, 2.75) is 18.8 Å². The molecule has 0 unspecified atom stereocenters. The lowest BCUT2D eigenvalue weighted by molar-refractivity contribution is 0.544. The van der Waals surface area contributed by atoms with Crippen LogP contribution in [0, 0.1) is 0 Å². The summed E-state index contributed by atoms with van der Waals surface area (Å²) >= 11 is 0. The second-order valence-electron chi connectivity index (χ2n) is 3.60. The summed E-state index contributed by atoms with van der Waals surface area (Å²) in [5, 5.41) is 0. The predicted molar refractivity (Wildman–Crippen MR) is 51.0 cm³/mol. The van der Waals surface area contributed by atoms with E-state index in [9.17, 15) is 4.79 Å². The summed E-state index contributed by atoms with van der Waals surface area (Å²) in [4.78, 5) is 17.6. The summed E-state index contributed by atoms with van der Waals surface area (Å²) in [7, 11) is 0. The molecular weight excluding hydrogens is 182 g/mol. The first-order chi connectivity index (χ1) is 6.74. The summed E-state index contributed by atoms with van der Waals surface area (Å²) in [6, 6.07) is 1.71. The van der Waals surface area contributed by atoms with Crippen LogP contribution < -0.4 is 11.5 Å². The number of nitrogens with zero attached hydrogens (tertiary/aromatic N) is 1. The van der Waals surface area contributed by atoms with Crippen LogP contribution in [0.2, 0.25) is 0 Å². The standard InChI is InChI=1S/C9H9N3O2/c10-5-3-6-8(14-9(13)11-6)12-7(5)4-1-2-4/h3-4H,1-2,10H2,(H,11,13). The molecule has 2 aromatic heterocycles. The first kappa shape index (κ1) is 7.61. The van der Waals surface area contributed by atoms with Crippen LogP contribution in [-0.4, -0.2) is 9.97 Å². The highest BCUT2D eigenvalue weighted by Gasteiger charge is 2.27. The van der Waals surface area contributed by atoms with Crippen molar-refractivity contribution in [2.75, 3.05) is 5.73 Å². The van der Waals surface area contributed by atoms with Gasteiger partial charge < -0.3 is 10.2 Å². The highest BCUT2D eigenvalue weighted by atomic mass is 16.4. The van der Waals surface area contributed by atoms with Crippen LogP contribution in [0.15, 0.2) is 15.3 Å². The predicted octanol–water partition coefficient (Wildman–Crippen LogP) is 0.976. The molecular formula is C9H9N3O2. The smallest absolute Gasteiger partial charge is 0.397 e. The van der Waals surface area contributed by atoms with E-state index in [4.69, 9.17) is 10.2 Å². The van der Waals surface area contributed by atoms with Crippen LogP contribution in [-0.2, 0) is 0 Å². The van der Waals surface area contributed by atoms with Crippen LogP contribution in [0.5, 0.6) is 0 Å². The van der Waals surface area contributed by atoms with E-state index in [2.05, 4.69) is 9.97 Å². The third kappa shape index (κ3) is 1.02. The zero-order chi connectivity index (χ0) is 9.71. The maximum Gasteiger partial charge on any atom is 0.418 e. The number of nitrogen functional groups attached to an aromatic ring is 1. The van der Waals surface area contributed by atoms with Crippen LogP contribution in [0.3, 0.4) is 0 Å². The molecule has 0 bridgehead atoms. The number of nitrogens with two attached hydrogens (primary N) is 1. The van der Waals surface area contributed by atoms with E-state index in [0.717, 1.165) is 18.5 Å². The fourth-order valence-corrected chi connectivity index (χ4v) is 1.60. The number of aromatic amines is 1. The molecule has 1 aliphatic carbocycles. The van der Waals surface area contributed by atoms with Gasteiger partial charge in [-0.2, -0.15) is 0 Å². The molecule has 0 aliphatic heterocycles. The maximum absolute atomic E-state index is 10.9. The van der Waals surface area contributed by atoms with Gasteiger partial charge in [0.25, 0.3) is 0 Å². The van der Waals surface area contributed by atoms with Crippen LogP contribution >= 0.6 is 0 Å². The van der Waals surface area contributed by atoms with Gasteiger partial charge in [0.2, 0.25) is 5.71 Å². The Kier molecular flexibility index (Phi) is 1.29. The van der Waals surface area contributed by atoms with Gasteiger partial charge in [-0.1, -0.05) is 0 Å². The average molecular weight is 191 g/mol. The second kappa shape index (κ2) is 2.37. The topological polar surface area (TPSA) is 84.9 Å².